The van der Waals surface area contributed by atoms with Crippen molar-refractivity contribution < 1.29 is 4.74 Å². The molecule has 4 nitrogen and oxygen atoms in total. The monoisotopic (exact) mass is 217 g/mol. The normalized spacial score (nSPS) is 20.6. The summed E-state index contributed by atoms with van der Waals surface area (Å²) < 4.78 is 7.62. The molecule has 0 unspecified atom stereocenters. The largest absolute Gasteiger partial charge is 0.378 e. The third-order valence-electron chi connectivity index (χ3n) is 3.10. The van der Waals surface area contributed by atoms with Crippen LogP contribution >= 0.6 is 0 Å². The van der Waals surface area contributed by atoms with Crippen molar-refractivity contribution in [3.8, 4) is 0 Å². The molecule has 84 valence electrons. The van der Waals surface area contributed by atoms with E-state index in [2.05, 4.69) is 16.1 Å². The zero-order valence-corrected chi connectivity index (χ0v) is 9.17. The molecular weight excluding hydrogens is 202 g/mol. The van der Waals surface area contributed by atoms with Crippen LogP contribution in [-0.2, 0) is 11.3 Å². The highest BCUT2D eigenvalue weighted by atomic mass is 16.5. The number of nitrogens with zero attached hydrogens (tertiary/aromatic N) is 3. The summed E-state index contributed by atoms with van der Waals surface area (Å²) in [6, 6.07) is 4.01. The Bertz CT molecular complexity index is 474. The minimum absolute atomic E-state index is 0.427. The number of aryl methyl sites for hydroxylation is 1. The number of rotatable bonds is 3. The van der Waals surface area contributed by atoms with E-state index in [-0.39, 0.29) is 0 Å². The summed E-state index contributed by atoms with van der Waals surface area (Å²) in [6.07, 6.45) is 7.49. The Morgan fingerprint density at radius 1 is 1.50 bits per heavy atom. The van der Waals surface area contributed by atoms with Crippen molar-refractivity contribution in [1.82, 2.24) is 14.8 Å². The molecule has 1 saturated heterocycles. The third kappa shape index (κ3) is 1.80. The smallest absolute Gasteiger partial charge is 0.108 e. The lowest BCUT2D eigenvalue weighted by Crippen LogP contribution is -2.10. The van der Waals surface area contributed by atoms with Gasteiger partial charge in [0.05, 0.1) is 17.8 Å². The molecule has 0 N–H and O–H groups in total. The Kier molecular flexibility index (Phi) is 2.58. The first kappa shape index (κ1) is 9.78. The van der Waals surface area contributed by atoms with Crippen molar-refractivity contribution in [2.75, 3.05) is 6.61 Å². The van der Waals surface area contributed by atoms with Gasteiger partial charge in [-0.1, -0.05) is 0 Å². The van der Waals surface area contributed by atoms with Crippen molar-refractivity contribution in [3.05, 3.63) is 24.5 Å². The molecule has 4 heteroatoms. The Balaban J connectivity index is 1.73. The molecule has 0 amide bonds. The van der Waals surface area contributed by atoms with E-state index in [9.17, 15) is 0 Å². The molecule has 2 aromatic rings. The average Bonchev–Trinajstić information content (AvgIpc) is 2.96. The summed E-state index contributed by atoms with van der Waals surface area (Å²) in [5.41, 5.74) is 2.08. The van der Waals surface area contributed by atoms with Crippen LogP contribution in [-0.4, -0.2) is 27.5 Å². The predicted octanol–water partition coefficient (Wildman–Crippen LogP) is 2.00. The van der Waals surface area contributed by atoms with Crippen LogP contribution in [0.2, 0.25) is 0 Å². The van der Waals surface area contributed by atoms with E-state index in [4.69, 9.17) is 4.74 Å². The van der Waals surface area contributed by atoms with E-state index < -0.39 is 0 Å². The fourth-order valence-electron chi connectivity index (χ4n) is 2.23. The molecule has 0 aromatic carbocycles. The summed E-state index contributed by atoms with van der Waals surface area (Å²) in [4.78, 5) is 4.27. The molecule has 0 bridgehead atoms. The molecule has 3 rings (SSSR count). The van der Waals surface area contributed by atoms with Crippen LogP contribution in [0.15, 0.2) is 24.5 Å². The summed E-state index contributed by atoms with van der Waals surface area (Å²) in [7, 11) is 0. The number of ether oxygens (including phenoxy) is 1. The first-order valence-electron chi connectivity index (χ1n) is 5.81. The minimum Gasteiger partial charge on any atom is -0.378 e. The van der Waals surface area contributed by atoms with Gasteiger partial charge in [0.25, 0.3) is 0 Å². The maximum absolute atomic E-state index is 5.61. The SMILES string of the molecule is c1cnc2cnn(CC[C@@H]3CCCO3)c2c1. The summed E-state index contributed by atoms with van der Waals surface area (Å²) in [5.74, 6) is 0. The van der Waals surface area contributed by atoms with Crippen molar-refractivity contribution in [2.45, 2.75) is 31.9 Å². The van der Waals surface area contributed by atoms with Crippen molar-refractivity contribution in [1.29, 1.82) is 0 Å². The maximum atomic E-state index is 5.61. The molecule has 0 aliphatic carbocycles. The predicted molar refractivity (Wildman–Crippen MR) is 61.1 cm³/mol. The van der Waals surface area contributed by atoms with Crippen LogP contribution in [0.3, 0.4) is 0 Å². The number of pyridine rings is 1. The molecule has 16 heavy (non-hydrogen) atoms. The number of hydrogen-bond donors (Lipinski definition) is 0. The molecule has 1 atom stereocenters. The Morgan fingerprint density at radius 3 is 3.38 bits per heavy atom. The highest BCUT2D eigenvalue weighted by Gasteiger charge is 2.15. The van der Waals surface area contributed by atoms with Crippen LogP contribution in [0.1, 0.15) is 19.3 Å². The molecule has 0 saturated carbocycles. The fraction of sp³-hybridized carbons (Fsp3) is 0.500. The van der Waals surface area contributed by atoms with E-state index >= 15 is 0 Å². The second-order valence-corrected chi connectivity index (χ2v) is 4.20. The molecule has 2 aromatic heterocycles. The summed E-state index contributed by atoms with van der Waals surface area (Å²) in [5, 5.41) is 4.35. The Hall–Kier alpha value is -1.42. The third-order valence-corrected chi connectivity index (χ3v) is 3.10. The van der Waals surface area contributed by atoms with E-state index in [1.54, 1.807) is 6.20 Å². The second-order valence-electron chi connectivity index (χ2n) is 4.20. The van der Waals surface area contributed by atoms with Gasteiger partial charge in [-0.2, -0.15) is 5.10 Å². The standard InChI is InChI=1S/C12H15N3O/c1-4-12-11(13-6-1)9-14-15(12)7-5-10-3-2-8-16-10/h1,4,6,9-10H,2-3,5,7-8H2/t10-/m0/s1. The lowest BCUT2D eigenvalue weighted by Gasteiger charge is -2.09. The van der Waals surface area contributed by atoms with Crippen LogP contribution in [0.4, 0.5) is 0 Å². The summed E-state index contributed by atoms with van der Waals surface area (Å²) in [6.45, 7) is 1.84. The van der Waals surface area contributed by atoms with Crippen LogP contribution in [0, 0.1) is 0 Å². The van der Waals surface area contributed by atoms with Crippen molar-refractivity contribution >= 4 is 11.0 Å². The van der Waals surface area contributed by atoms with Crippen LogP contribution in [0.25, 0.3) is 11.0 Å². The number of fused-ring (bicyclic) bond motifs is 1. The van der Waals surface area contributed by atoms with E-state index in [1.807, 2.05) is 16.9 Å². The highest BCUT2D eigenvalue weighted by Crippen LogP contribution is 2.17. The Morgan fingerprint density at radius 2 is 2.50 bits per heavy atom. The van der Waals surface area contributed by atoms with E-state index in [1.165, 1.54) is 12.8 Å². The summed E-state index contributed by atoms with van der Waals surface area (Å²) >= 11 is 0. The van der Waals surface area contributed by atoms with E-state index in [0.29, 0.717) is 6.10 Å². The lowest BCUT2D eigenvalue weighted by molar-refractivity contribution is 0.0998. The van der Waals surface area contributed by atoms with Gasteiger partial charge in [0.2, 0.25) is 0 Å². The zero-order chi connectivity index (χ0) is 10.8. The fourth-order valence-corrected chi connectivity index (χ4v) is 2.23. The van der Waals surface area contributed by atoms with Gasteiger partial charge in [-0.25, -0.2) is 0 Å². The van der Waals surface area contributed by atoms with Gasteiger partial charge in [-0.3, -0.25) is 9.67 Å². The first-order chi connectivity index (χ1) is 7.93. The van der Waals surface area contributed by atoms with Crippen LogP contribution < -0.4 is 0 Å². The minimum atomic E-state index is 0.427. The maximum Gasteiger partial charge on any atom is 0.108 e. The van der Waals surface area contributed by atoms with Gasteiger partial charge < -0.3 is 4.74 Å². The molecule has 1 fully saturated rings. The molecule has 0 spiro atoms. The van der Waals surface area contributed by atoms with Gasteiger partial charge in [0.1, 0.15) is 5.52 Å². The van der Waals surface area contributed by atoms with Crippen LogP contribution in [0.5, 0.6) is 0 Å². The average molecular weight is 217 g/mol. The van der Waals surface area contributed by atoms with Gasteiger partial charge in [0, 0.05) is 19.3 Å². The highest BCUT2D eigenvalue weighted by molar-refractivity contribution is 5.73. The molecular formula is C12H15N3O. The molecule has 1 aliphatic heterocycles. The van der Waals surface area contributed by atoms with Crippen molar-refractivity contribution in [3.63, 3.8) is 0 Å². The quantitative estimate of drug-likeness (QED) is 0.789. The topological polar surface area (TPSA) is 39.9 Å². The van der Waals surface area contributed by atoms with Gasteiger partial charge >= 0.3 is 0 Å². The second kappa shape index (κ2) is 4.22. The van der Waals surface area contributed by atoms with E-state index in [0.717, 1.165) is 30.6 Å². The lowest BCUT2D eigenvalue weighted by atomic mass is 10.2. The number of hydrogen-bond acceptors (Lipinski definition) is 3. The molecule has 0 radical (unpaired) electrons. The van der Waals surface area contributed by atoms with Gasteiger partial charge in [0.15, 0.2) is 0 Å². The molecule has 3 heterocycles. The number of aromatic nitrogens is 3. The Labute approximate surface area is 94.2 Å². The molecule has 1 aliphatic rings. The zero-order valence-electron chi connectivity index (χ0n) is 9.17. The van der Waals surface area contributed by atoms with Gasteiger partial charge in [-0.15, -0.1) is 0 Å². The first-order valence-corrected chi connectivity index (χ1v) is 5.81. The van der Waals surface area contributed by atoms with Gasteiger partial charge in [-0.05, 0) is 31.4 Å². The van der Waals surface area contributed by atoms with Crippen molar-refractivity contribution in [2.24, 2.45) is 0 Å².